The summed E-state index contributed by atoms with van der Waals surface area (Å²) in [4.78, 5) is 66.4. The van der Waals surface area contributed by atoms with E-state index in [1.54, 1.807) is 24.1 Å². The monoisotopic (exact) mass is 530 g/mol. The van der Waals surface area contributed by atoms with E-state index < -0.39 is 18.0 Å². The van der Waals surface area contributed by atoms with Crippen LogP contribution in [0.2, 0.25) is 0 Å². The zero-order valence-electron chi connectivity index (χ0n) is 22.2. The van der Waals surface area contributed by atoms with Crippen molar-refractivity contribution in [2.24, 2.45) is 5.92 Å². The third kappa shape index (κ3) is 5.72. The molecular formula is C30H34N4O5. The Morgan fingerprint density at radius 2 is 1.79 bits per heavy atom. The predicted molar refractivity (Wildman–Crippen MR) is 143 cm³/mol. The second kappa shape index (κ2) is 11.4. The maximum absolute atomic E-state index is 13.5. The van der Waals surface area contributed by atoms with Gasteiger partial charge in [-0.3, -0.25) is 29.3 Å². The molecule has 0 radical (unpaired) electrons. The summed E-state index contributed by atoms with van der Waals surface area (Å²) >= 11 is 0. The fourth-order valence-corrected chi connectivity index (χ4v) is 5.96. The van der Waals surface area contributed by atoms with E-state index in [-0.39, 0.29) is 43.1 Å². The Morgan fingerprint density at radius 3 is 2.51 bits per heavy atom. The Hall–Kier alpha value is -4.01. The molecule has 2 N–H and O–H groups in total. The molecule has 2 heterocycles. The summed E-state index contributed by atoms with van der Waals surface area (Å²) in [6.07, 6.45) is 5.39. The molecular weight excluding hydrogens is 496 g/mol. The van der Waals surface area contributed by atoms with Crippen molar-refractivity contribution >= 4 is 29.5 Å². The van der Waals surface area contributed by atoms with Crippen molar-refractivity contribution in [2.75, 3.05) is 7.05 Å². The Morgan fingerprint density at radius 1 is 1.05 bits per heavy atom. The van der Waals surface area contributed by atoms with Crippen LogP contribution >= 0.6 is 0 Å². The smallest absolute Gasteiger partial charge is 0.255 e. The largest absolute Gasteiger partial charge is 0.350 e. The summed E-state index contributed by atoms with van der Waals surface area (Å²) in [5.41, 5.74) is 2.86. The maximum Gasteiger partial charge on any atom is 0.255 e. The van der Waals surface area contributed by atoms with Crippen molar-refractivity contribution in [2.45, 2.75) is 70.1 Å². The lowest BCUT2D eigenvalue weighted by molar-refractivity contribution is -0.140. The molecule has 2 fully saturated rings. The van der Waals surface area contributed by atoms with Gasteiger partial charge in [0, 0.05) is 38.5 Å². The van der Waals surface area contributed by atoms with Gasteiger partial charge in [-0.05, 0) is 47.9 Å². The number of likely N-dealkylation sites (N-methyl/N-ethyl adjacent to an activating group) is 1. The summed E-state index contributed by atoms with van der Waals surface area (Å²) in [5, 5.41) is 5.29. The minimum atomic E-state index is -0.751. The van der Waals surface area contributed by atoms with Gasteiger partial charge in [0.2, 0.25) is 23.6 Å². The van der Waals surface area contributed by atoms with E-state index in [9.17, 15) is 24.0 Å². The lowest BCUT2D eigenvalue weighted by Gasteiger charge is -2.29. The molecule has 1 aliphatic carbocycles. The molecule has 3 aliphatic rings. The predicted octanol–water partition coefficient (Wildman–Crippen LogP) is 2.84. The number of amides is 5. The van der Waals surface area contributed by atoms with Gasteiger partial charge in [-0.1, -0.05) is 55.3 Å². The molecule has 0 spiro atoms. The minimum Gasteiger partial charge on any atom is -0.350 e. The average Bonchev–Trinajstić information content (AvgIpc) is 3.55. The second-order valence-corrected chi connectivity index (χ2v) is 10.8. The van der Waals surface area contributed by atoms with Crippen LogP contribution in [0.3, 0.4) is 0 Å². The zero-order chi connectivity index (χ0) is 27.5. The van der Waals surface area contributed by atoms with Gasteiger partial charge in [0.1, 0.15) is 12.1 Å². The quantitative estimate of drug-likeness (QED) is 0.510. The van der Waals surface area contributed by atoms with Crippen molar-refractivity contribution in [1.29, 1.82) is 0 Å². The topological polar surface area (TPSA) is 116 Å². The number of carbonyl (C=O) groups is 5. The Labute approximate surface area is 227 Å². The molecule has 5 rings (SSSR count). The highest BCUT2D eigenvalue weighted by Gasteiger charge is 2.39. The molecule has 2 aromatic rings. The van der Waals surface area contributed by atoms with Crippen LogP contribution in [0.25, 0.3) is 0 Å². The Balaban J connectivity index is 1.26. The van der Waals surface area contributed by atoms with E-state index in [1.807, 2.05) is 36.4 Å². The first-order valence-corrected chi connectivity index (χ1v) is 13.7. The first kappa shape index (κ1) is 26.6. The molecule has 9 nitrogen and oxygen atoms in total. The SMILES string of the molecule is CN(C(=O)CC1CCCC1)[C@H](C(=O)NCc1ccc2c(c1)CN(C1CCC(=O)NC1=O)C2=O)c1ccccc1. The van der Waals surface area contributed by atoms with Gasteiger partial charge < -0.3 is 15.1 Å². The van der Waals surface area contributed by atoms with Crippen LogP contribution in [0.1, 0.15) is 78.0 Å². The van der Waals surface area contributed by atoms with Gasteiger partial charge in [-0.15, -0.1) is 0 Å². The van der Waals surface area contributed by atoms with Crippen molar-refractivity contribution < 1.29 is 24.0 Å². The third-order valence-electron chi connectivity index (χ3n) is 8.14. The molecule has 0 aromatic heterocycles. The van der Waals surface area contributed by atoms with Crippen LogP contribution in [0.4, 0.5) is 0 Å². The molecule has 0 bridgehead atoms. The van der Waals surface area contributed by atoms with Gasteiger partial charge in [-0.2, -0.15) is 0 Å². The lowest BCUT2D eigenvalue weighted by Crippen LogP contribution is -2.52. The molecule has 1 saturated carbocycles. The number of fused-ring (bicyclic) bond motifs is 1. The van der Waals surface area contributed by atoms with Crippen molar-refractivity contribution in [1.82, 2.24) is 20.4 Å². The number of nitrogens with one attached hydrogen (secondary N) is 2. The highest BCUT2D eigenvalue weighted by molar-refractivity contribution is 6.05. The van der Waals surface area contributed by atoms with E-state index in [0.29, 0.717) is 24.3 Å². The summed E-state index contributed by atoms with van der Waals surface area (Å²) < 4.78 is 0. The molecule has 2 aromatic carbocycles. The van der Waals surface area contributed by atoms with Crippen LogP contribution in [-0.2, 0) is 32.3 Å². The van der Waals surface area contributed by atoms with E-state index in [2.05, 4.69) is 10.6 Å². The molecule has 2 atom stereocenters. The first-order valence-electron chi connectivity index (χ1n) is 13.7. The van der Waals surface area contributed by atoms with Crippen LogP contribution in [0.5, 0.6) is 0 Å². The summed E-state index contributed by atoms with van der Waals surface area (Å²) in [5.74, 6) is -0.924. The van der Waals surface area contributed by atoms with Crippen LogP contribution < -0.4 is 10.6 Å². The van der Waals surface area contributed by atoms with Crippen LogP contribution in [-0.4, -0.2) is 52.4 Å². The van der Waals surface area contributed by atoms with E-state index in [1.165, 1.54) is 4.90 Å². The molecule has 204 valence electrons. The first-order chi connectivity index (χ1) is 18.8. The minimum absolute atomic E-state index is 0.0320. The summed E-state index contributed by atoms with van der Waals surface area (Å²) in [7, 11) is 1.69. The summed E-state index contributed by atoms with van der Waals surface area (Å²) in [6, 6.07) is 13.3. The number of carbonyl (C=O) groups excluding carboxylic acids is 5. The fourth-order valence-electron chi connectivity index (χ4n) is 5.96. The van der Waals surface area contributed by atoms with Crippen LogP contribution in [0.15, 0.2) is 48.5 Å². The van der Waals surface area contributed by atoms with Crippen LogP contribution in [0, 0.1) is 5.92 Å². The fraction of sp³-hybridized carbons (Fsp3) is 0.433. The van der Waals surface area contributed by atoms with Crippen molar-refractivity contribution in [3.8, 4) is 0 Å². The van der Waals surface area contributed by atoms with E-state index in [4.69, 9.17) is 0 Å². The highest BCUT2D eigenvalue weighted by Crippen LogP contribution is 2.30. The Bertz CT molecular complexity index is 1290. The van der Waals surface area contributed by atoms with Gasteiger partial charge in [0.05, 0.1) is 0 Å². The highest BCUT2D eigenvalue weighted by atomic mass is 16.2. The number of hydrogen-bond donors (Lipinski definition) is 2. The second-order valence-electron chi connectivity index (χ2n) is 10.8. The number of benzene rings is 2. The lowest BCUT2D eigenvalue weighted by atomic mass is 10.0. The molecule has 1 unspecified atom stereocenters. The van der Waals surface area contributed by atoms with Gasteiger partial charge in [0.25, 0.3) is 5.91 Å². The van der Waals surface area contributed by atoms with Crippen molar-refractivity contribution in [3.63, 3.8) is 0 Å². The number of piperidine rings is 1. The zero-order valence-corrected chi connectivity index (χ0v) is 22.2. The molecule has 39 heavy (non-hydrogen) atoms. The number of imide groups is 1. The third-order valence-corrected chi connectivity index (χ3v) is 8.14. The number of hydrogen-bond acceptors (Lipinski definition) is 5. The normalized spacial score (nSPS) is 20.0. The molecule has 9 heteroatoms. The van der Waals surface area contributed by atoms with E-state index in [0.717, 1.165) is 42.4 Å². The standard InChI is InChI=1S/C30H34N4O5/c1-33(26(36)16-19-7-5-6-8-19)27(21-9-3-2-4-10-21)29(38)31-17-20-11-12-23-22(15-20)18-34(30(23)39)24-13-14-25(35)32-28(24)37/h2-4,9-12,15,19,24,27H,5-8,13-14,16-18H2,1H3,(H,31,38)(H,32,35,37)/t24?,27-/m0/s1. The molecule has 1 saturated heterocycles. The van der Waals surface area contributed by atoms with Gasteiger partial charge in [0.15, 0.2) is 0 Å². The maximum atomic E-state index is 13.5. The molecule has 5 amide bonds. The number of nitrogens with zero attached hydrogens (tertiary/aromatic N) is 2. The van der Waals surface area contributed by atoms with E-state index >= 15 is 0 Å². The molecule has 2 aliphatic heterocycles. The summed E-state index contributed by atoms with van der Waals surface area (Å²) in [6.45, 7) is 0.500. The van der Waals surface area contributed by atoms with Crippen molar-refractivity contribution in [3.05, 3.63) is 70.8 Å². The van der Waals surface area contributed by atoms with Gasteiger partial charge >= 0.3 is 0 Å². The van der Waals surface area contributed by atoms with Gasteiger partial charge in [-0.25, -0.2) is 0 Å². The Kier molecular flexibility index (Phi) is 7.77. The average molecular weight is 531 g/mol. The number of rotatable bonds is 8.